The Balaban J connectivity index is 1.57. The molecule has 12 heteroatoms. The van der Waals surface area contributed by atoms with E-state index in [4.69, 9.17) is 10.5 Å². The van der Waals surface area contributed by atoms with Gasteiger partial charge in [-0.3, -0.25) is 0 Å². The highest BCUT2D eigenvalue weighted by Gasteiger charge is 2.27. The summed E-state index contributed by atoms with van der Waals surface area (Å²) < 4.78 is 76.6. The Morgan fingerprint density at radius 1 is 1.00 bits per heavy atom. The molecule has 1 unspecified atom stereocenters. The molecule has 0 bridgehead atoms. The first-order valence-corrected chi connectivity index (χ1v) is 10.5. The molecule has 0 amide bonds. The number of halogens is 5. The van der Waals surface area contributed by atoms with Crippen LogP contribution in [0.4, 0.5) is 27.8 Å². The van der Waals surface area contributed by atoms with E-state index in [2.05, 4.69) is 20.4 Å². The number of nitrogens with zero attached hydrogens (tertiary/aromatic N) is 4. The average Bonchev–Trinajstić information content (AvgIpc) is 3.22. The van der Waals surface area contributed by atoms with Crippen molar-refractivity contribution in [3.05, 3.63) is 59.7 Å². The van der Waals surface area contributed by atoms with Gasteiger partial charge in [0.1, 0.15) is 35.4 Å². The van der Waals surface area contributed by atoms with Crippen LogP contribution < -0.4 is 15.8 Å². The molecule has 0 aliphatic carbocycles. The first-order chi connectivity index (χ1) is 16.3. The summed E-state index contributed by atoms with van der Waals surface area (Å²) in [6, 6.07) is 3.37. The van der Waals surface area contributed by atoms with Gasteiger partial charge in [0, 0.05) is 17.7 Å². The molecule has 5 rings (SSSR count). The van der Waals surface area contributed by atoms with Crippen LogP contribution in [0, 0.1) is 29.1 Å². The van der Waals surface area contributed by atoms with Gasteiger partial charge in [-0.1, -0.05) is 0 Å². The molecule has 4 N–H and O–H groups in total. The number of aromatic nitrogens is 4. The van der Waals surface area contributed by atoms with E-state index in [1.54, 1.807) is 4.68 Å². The first kappa shape index (κ1) is 22.0. The molecular weight excluding hydrogens is 459 g/mol. The van der Waals surface area contributed by atoms with E-state index in [-0.39, 0.29) is 34.9 Å². The zero-order chi connectivity index (χ0) is 24.0. The minimum Gasteiger partial charge on any atom is -0.451 e. The van der Waals surface area contributed by atoms with E-state index < -0.39 is 34.8 Å². The molecule has 2 aromatic carbocycles. The predicted molar refractivity (Wildman–Crippen MR) is 111 cm³/mol. The summed E-state index contributed by atoms with van der Waals surface area (Å²) in [4.78, 5) is 8.29. The van der Waals surface area contributed by atoms with Crippen LogP contribution in [0.25, 0.3) is 22.3 Å². The summed E-state index contributed by atoms with van der Waals surface area (Å²) >= 11 is 0. The standard InChI is InChI=1S/C22H17F5N6O/c23-13-6-11(34-20-17(26)14(24)7-15(25)18(20)27)3-4-12(13)19-16-21(28)30-9-31-22(16)33(32-19)10-2-1-5-29-8-10/h3-4,6-7,9-10,29H,1-2,5,8H2,(H2,28,30,31)/p+1. The third kappa shape index (κ3) is 3.69. The average molecular weight is 477 g/mol. The largest absolute Gasteiger partial charge is 0.451 e. The highest BCUT2D eigenvalue weighted by molar-refractivity contribution is 5.98. The molecule has 1 aliphatic rings. The molecule has 0 spiro atoms. The van der Waals surface area contributed by atoms with Crippen molar-refractivity contribution in [1.82, 2.24) is 19.7 Å². The van der Waals surface area contributed by atoms with Crippen molar-refractivity contribution >= 4 is 16.9 Å². The van der Waals surface area contributed by atoms with Crippen molar-refractivity contribution in [2.75, 3.05) is 18.8 Å². The Morgan fingerprint density at radius 3 is 2.44 bits per heavy atom. The monoisotopic (exact) mass is 477 g/mol. The zero-order valence-corrected chi connectivity index (χ0v) is 17.5. The highest BCUT2D eigenvalue weighted by Crippen LogP contribution is 2.36. The van der Waals surface area contributed by atoms with Crippen molar-refractivity contribution < 1.29 is 32.0 Å². The molecule has 0 radical (unpaired) electrons. The fourth-order valence-electron chi connectivity index (χ4n) is 4.10. The number of benzene rings is 2. The lowest BCUT2D eigenvalue weighted by atomic mass is 10.1. The van der Waals surface area contributed by atoms with Crippen LogP contribution in [0.2, 0.25) is 0 Å². The van der Waals surface area contributed by atoms with Crippen LogP contribution in [0.1, 0.15) is 18.9 Å². The molecule has 176 valence electrons. The summed E-state index contributed by atoms with van der Waals surface area (Å²) in [6.07, 6.45) is 3.16. The highest BCUT2D eigenvalue weighted by atomic mass is 19.2. The number of hydrogen-bond acceptors (Lipinski definition) is 5. The first-order valence-electron chi connectivity index (χ1n) is 10.5. The molecule has 3 heterocycles. The second-order valence-electron chi connectivity index (χ2n) is 7.90. The summed E-state index contributed by atoms with van der Waals surface area (Å²) in [6.45, 7) is 1.78. The van der Waals surface area contributed by atoms with Gasteiger partial charge >= 0.3 is 0 Å². The molecule has 2 aromatic heterocycles. The summed E-state index contributed by atoms with van der Waals surface area (Å²) in [7, 11) is 0. The van der Waals surface area contributed by atoms with Crippen molar-refractivity contribution in [2.24, 2.45) is 0 Å². The maximum absolute atomic E-state index is 15.2. The van der Waals surface area contributed by atoms with E-state index in [1.807, 2.05) is 0 Å². The van der Waals surface area contributed by atoms with Gasteiger partial charge in [0.25, 0.3) is 0 Å². The minimum absolute atomic E-state index is 0.0174. The van der Waals surface area contributed by atoms with Gasteiger partial charge in [0.15, 0.2) is 17.3 Å². The molecule has 34 heavy (non-hydrogen) atoms. The van der Waals surface area contributed by atoms with Gasteiger partial charge in [-0.15, -0.1) is 0 Å². The Labute approximate surface area is 189 Å². The van der Waals surface area contributed by atoms with Gasteiger partial charge < -0.3 is 15.8 Å². The van der Waals surface area contributed by atoms with Crippen molar-refractivity contribution in [3.8, 4) is 22.8 Å². The molecule has 1 atom stereocenters. The van der Waals surface area contributed by atoms with E-state index in [0.717, 1.165) is 32.0 Å². The number of piperidine rings is 1. The lowest BCUT2D eigenvalue weighted by Crippen LogP contribution is -2.87. The number of nitrogens with two attached hydrogens (primary N) is 2. The minimum atomic E-state index is -1.73. The lowest BCUT2D eigenvalue weighted by Gasteiger charge is -2.20. The van der Waals surface area contributed by atoms with E-state index >= 15 is 4.39 Å². The molecule has 1 fully saturated rings. The third-order valence-electron chi connectivity index (χ3n) is 5.74. The summed E-state index contributed by atoms with van der Waals surface area (Å²) in [5, 5.41) is 7.11. The molecule has 0 saturated carbocycles. The molecule has 1 aliphatic heterocycles. The number of rotatable bonds is 4. The Bertz CT molecular complexity index is 1380. The fraction of sp³-hybridized carbons (Fsp3) is 0.227. The van der Waals surface area contributed by atoms with Crippen LogP contribution in [0.3, 0.4) is 0 Å². The lowest BCUT2D eigenvalue weighted by molar-refractivity contribution is -0.667. The van der Waals surface area contributed by atoms with Crippen LogP contribution in [-0.2, 0) is 0 Å². The van der Waals surface area contributed by atoms with Crippen molar-refractivity contribution in [3.63, 3.8) is 0 Å². The van der Waals surface area contributed by atoms with Crippen LogP contribution in [0.15, 0.2) is 30.6 Å². The van der Waals surface area contributed by atoms with E-state index in [9.17, 15) is 17.6 Å². The molecule has 7 nitrogen and oxygen atoms in total. The van der Waals surface area contributed by atoms with Crippen LogP contribution >= 0.6 is 0 Å². The predicted octanol–water partition coefficient (Wildman–Crippen LogP) is 3.46. The number of anilines is 1. The number of fused-ring (bicyclic) bond motifs is 1. The van der Waals surface area contributed by atoms with E-state index in [0.29, 0.717) is 11.0 Å². The number of quaternary nitrogens is 1. The number of ether oxygens (including phenoxy) is 1. The van der Waals surface area contributed by atoms with Crippen molar-refractivity contribution in [2.45, 2.75) is 18.9 Å². The molecule has 4 aromatic rings. The van der Waals surface area contributed by atoms with Crippen LogP contribution in [-0.4, -0.2) is 32.8 Å². The zero-order valence-electron chi connectivity index (χ0n) is 17.5. The van der Waals surface area contributed by atoms with Gasteiger partial charge in [-0.05, 0) is 25.0 Å². The maximum Gasteiger partial charge on any atom is 0.204 e. The Hall–Kier alpha value is -3.80. The summed E-state index contributed by atoms with van der Waals surface area (Å²) in [5.41, 5.74) is 6.74. The Morgan fingerprint density at radius 2 is 1.76 bits per heavy atom. The van der Waals surface area contributed by atoms with Gasteiger partial charge in [-0.25, -0.2) is 27.8 Å². The van der Waals surface area contributed by atoms with Gasteiger partial charge in [0.2, 0.25) is 17.4 Å². The number of nitrogen functional groups attached to an aromatic ring is 1. The number of hydrogen-bond donors (Lipinski definition) is 2. The Kier molecular flexibility index (Phi) is 5.52. The second-order valence-corrected chi connectivity index (χ2v) is 7.90. The second kappa shape index (κ2) is 8.52. The SMILES string of the molecule is Nc1ncnc2c1c(-c1ccc(Oc3c(F)c(F)cc(F)c3F)cc1F)nn2C1CCC[NH2+]C1. The van der Waals surface area contributed by atoms with Gasteiger partial charge in [-0.2, -0.15) is 13.9 Å². The summed E-state index contributed by atoms with van der Waals surface area (Å²) in [5.74, 6) is -9.18. The topological polar surface area (TPSA) is 95.5 Å². The molecule has 1 saturated heterocycles. The maximum atomic E-state index is 15.2. The molecular formula is C22H18F5N6O+. The van der Waals surface area contributed by atoms with E-state index in [1.165, 1.54) is 18.5 Å². The van der Waals surface area contributed by atoms with Gasteiger partial charge in [0.05, 0.1) is 18.5 Å². The normalized spacial score (nSPS) is 16.2. The van der Waals surface area contributed by atoms with Crippen molar-refractivity contribution in [1.29, 1.82) is 0 Å². The fourth-order valence-corrected chi connectivity index (χ4v) is 4.10. The smallest absolute Gasteiger partial charge is 0.204 e. The van der Waals surface area contributed by atoms with Crippen LogP contribution in [0.5, 0.6) is 11.5 Å². The third-order valence-corrected chi connectivity index (χ3v) is 5.74. The quantitative estimate of drug-likeness (QED) is 0.347.